The van der Waals surface area contributed by atoms with Crippen LogP contribution in [0.25, 0.3) is 5.78 Å². The van der Waals surface area contributed by atoms with Gasteiger partial charge in [-0.3, -0.25) is 4.79 Å². The maximum Gasteiger partial charge on any atom is 0.473 e. The summed E-state index contributed by atoms with van der Waals surface area (Å²) in [6, 6.07) is 4.75. The van der Waals surface area contributed by atoms with Gasteiger partial charge in [-0.15, -0.1) is 5.10 Å². The molecule has 0 radical (unpaired) electrons. The summed E-state index contributed by atoms with van der Waals surface area (Å²) in [6.45, 7) is 2.01. The van der Waals surface area contributed by atoms with Crippen molar-refractivity contribution >= 4 is 35.0 Å². The number of hydrogen-bond donors (Lipinski definition) is 0. The number of nitrogens with zero attached hydrogens (tertiary/aromatic N) is 6. The summed E-state index contributed by atoms with van der Waals surface area (Å²) >= 11 is 7.00. The zero-order valence-electron chi connectivity index (χ0n) is 14.0. The molecule has 0 aliphatic rings. The van der Waals surface area contributed by atoms with Gasteiger partial charge in [-0.1, -0.05) is 29.4 Å². The van der Waals surface area contributed by atoms with Gasteiger partial charge in [-0.05, 0) is 24.8 Å². The third kappa shape index (κ3) is 4.14. The molecule has 0 fully saturated rings. The summed E-state index contributed by atoms with van der Waals surface area (Å²) in [7, 11) is 0. The number of amides is 1. The van der Waals surface area contributed by atoms with E-state index in [-0.39, 0.29) is 11.3 Å². The highest BCUT2D eigenvalue weighted by Crippen LogP contribution is 2.17. The number of carbonyl (C=O) groups is 1. The van der Waals surface area contributed by atoms with Crippen molar-refractivity contribution in [3.05, 3.63) is 46.3 Å². The molecular weight excluding hydrogens is 405 g/mol. The Labute approximate surface area is 159 Å². The van der Waals surface area contributed by atoms with E-state index in [0.29, 0.717) is 22.5 Å². The maximum atomic E-state index is 12.6. The summed E-state index contributed by atoms with van der Waals surface area (Å²) in [5, 5.41) is 4.80. The second-order valence-electron chi connectivity index (χ2n) is 5.44. The van der Waals surface area contributed by atoms with E-state index in [1.165, 1.54) is 17.8 Å². The minimum absolute atomic E-state index is 0.247. The number of carbonyl (C=O) groups excluding carboxylic acids is 1. The van der Waals surface area contributed by atoms with E-state index in [4.69, 9.17) is 11.6 Å². The SMILES string of the molecule is CSc1nc2n(Cc3ccc(Cl)nc3)c(C)c/c(=N\C(=O)C(F)(F)F)n2n1. The number of aromatic nitrogens is 5. The van der Waals surface area contributed by atoms with Crippen LogP contribution in [0.15, 0.2) is 34.5 Å². The highest BCUT2D eigenvalue weighted by Gasteiger charge is 2.38. The monoisotopic (exact) mass is 416 g/mol. The van der Waals surface area contributed by atoms with E-state index >= 15 is 0 Å². The van der Waals surface area contributed by atoms with Gasteiger partial charge in [0.1, 0.15) is 5.15 Å². The quantitative estimate of drug-likeness (QED) is 0.484. The second-order valence-corrected chi connectivity index (χ2v) is 6.60. The third-order valence-electron chi connectivity index (χ3n) is 3.56. The molecule has 0 N–H and O–H groups in total. The van der Waals surface area contributed by atoms with E-state index in [0.717, 1.165) is 10.1 Å². The van der Waals surface area contributed by atoms with Gasteiger partial charge in [-0.25, -0.2) is 4.98 Å². The number of aryl methyl sites for hydroxylation is 1. The Morgan fingerprint density at radius 2 is 2.11 bits per heavy atom. The largest absolute Gasteiger partial charge is 0.473 e. The molecule has 0 aliphatic heterocycles. The number of fused-ring (bicyclic) bond motifs is 1. The third-order valence-corrected chi connectivity index (χ3v) is 4.32. The Hall–Kier alpha value is -2.40. The fourth-order valence-electron chi connectivity index (χ4n) is 2.31. The molecule has 3 aromatic heterocycles. The van der Waals surface area contributed by atoms with Crippen LogP contribution in [0, 0.1) is 6.92 Å². The molecule has 142 valence electrons. The van der Waals surface area contributed by atoms with E-state index in [1.807, 2.05) is 0 Å². The molecule has 3 heterocycles. The van der Waals surface area contributed by atoms with Gasteiger partial charge in [0.25, 0.3) is 0 Å². The van der Waals surface area contributed by atoms with Crippen molar-refractivity contribution in [3.63, 3.8) is 0 Å². The average molecular weight is 417 g/mol. The minimum Gasteiger partial charge on any atom is -0.310 e. The van der Waals surface area contributed by atoms with Crippen LogP contribution in [0.5, 0.6) is 0 Å². The molecule has 0 unspecified atom stereocenters. The molecule has 0 saturated heterocycles. The zero-order valence-corrected chi connectivity index (χ0v) is 15.6. The molecule has 0 aliphatic carbocycles. The summed E-state index contributed by atoms with van der Waals surface area (Å²) in [5.74, 6) is -1.95. The number of pyridine rings is 1. The lowest BCUT2D eigenvalue weighted by Gasteiger charge is -2.12. The highest BCUT2D eigenvalue weighted by atomic mass is 35.5. The van der Waals surface area contributed by atoms with Crippen LogP contribution in [0.1, 0.15) is 11.3 Å². The van der Waals surface area contributed by atoms with Crippen LogP contribution < -0.4 is 5.49 Å². The molecular formula is C15H12ClF3N6OS. The van der Waals surface area contributed by atoms with Crippen molar-refractivity contribution < 1.29 is 18.0 Å². The number of halogens is 4. The molecule has 3 aromatic rings. The molecule has 1 amide bonds. The maximum absolute atomic E-state index is 12.6. The molecule has 0 atom stereocenters. The molecule has 0 bridgehead atoms. The summed E-state index contributed by atoms with van der Waals surface area (Å²) < 4.78 is 40.6. The fourth-order valence-corrected chi connectivity index (χ4v) is 2.76. The van der Waals surface area contributed by atoms with Gasteiger partial charge in [-0.2, -0.15) is 27.7 Å². The molecule has 0 saturated carbocycles. The van der Waals surface area contributed by atoms with Crippen LogP contribution in [-0.2, 0) is 11.3 Å². The van der Waals surface area contributed by atoms with Crippen molar-refractivity contribution in [3.8, 4) is 0 Å². The lowest BCUT2D eigenvalue weighted by atomic mass is 10.2. The average Bonchev–Trinajstić information content (AvgIpc) is 3.03. The summed E-state index contributed by atoms with van der Waals surface area (Å²) in [4.78, 5) is 22.8. The first kappa shape index (κ1) is 19.4. The van der Waals surface area contributed by atoms with Gasteiger partial charge in [0, 0.05) is 18.0 Å². The van der Waals surface area contributed by atoms with Gasteiger partial charge in [0.15, 0.2) is 5.49 Å². The zero-order chi connectivity index (χ0) is 19.8. The summed E-state index contributed by atoms with van der Waals surface area (Å²) in [6.07, 6.45) is -1.75. The molecule has 0 spiro atoms. The Kier molecular flexibility index (Phi) is 5.24. The van der Waals surface area contributed by atoms with E-state index in [9.17, 15) is 18.0 Å². The minimum atomic E-state index is -5.07. The standard InChI is InChI=1S/C15H12ClF3N6OS/c1-8-5-11(21-12(26)15(17,18)19)25-14(22-13(23-25)27-2)24(8)7-9-3-4-10(16)20-6-9/h3-6H,7H2,1-2H3/b21-11+. The van der Waals surface area contributed by atoms with Gasteiger partial charge >= 0.3 is 12.1 Å². The van der Waals surface area contributed by atoms with Crippen LogP contribution >= 0.6 is 23.4 Å². The number of hydrogen-bond acceptors (Lipinski definition) is 5. The first-order valence-electron chi connectivity index (χ1n) is 7.46. The smallest absolute Gasteiger partial charge is 0.310 e. The van der Waals surface area contributed by atoms with Crippen LogP contribution in [0.3, 0.4) is 0 Å². The van der Waals surface area contributed by atoms with Crippen molar-refractivity contribution in [1.82, 2.24) is 24.1 Å². The van der Waals surface area contributed by atoms with Crippen molar-refractivity contribution in [2.24, 2.45) is 4.99 Å². The Balaban J connectivity index is 2.19. The predicted octanol–water partition coefficient (Wildman–Crippen LogP) is 2.65. The van der Waals surface area contributed by atoms with Gasteiger partial charge in [0.05, 0.1) is 6.54 Å². The normalized spacial score (nSPS) is 12.7. The van der Waals surface area contributed by atoms with Crippen molar-refractivity contribution in [2.75, 3.05) is 6.26 Å². The van der Waals surface area contributed by atoms with E-state index in [2.05, 4.69) is 20.1 Å². The van der Waals surface area contributed by atoms with Crippen LogP contribution in [0.4, 0.5) is 13.2 Å². The lowest BCUT2D eigenvalue weighted by Crippen LogP contribution is -2.28. The molecule has 3 rings (SSSR count). The Morgan fingerprint density at radius 1 is 1.37 bits per heavy atom. The van der Waals surface area contributed by atoms with Crippen molar-refractivity contribution in [1.29, 1.82) is 0 Å². The number of thioether (sulfide) groups is 1. The van der Waals surface area contributed by atoms with Gasteiger partial charge in [0.2, 0.25) is 10.9 Å². The van der Waals surface area contributed by atoms with Crippen LogP contribution in [0.2, 0.25) is 5.15 Å². The fraction of sp³-hybridized carbons (Fsp3) is 0.267. The second kappa shape index (κ2) is 7.31. The number of rotatable bonds is 3. The topological polar surface area (TPSA) is 77.4 Å². The van der Waals surface area contributed by atoms with E-state index in [1.54, 1.807) is 36.1 Å². The Morgan fingerprint density at radius 3 is 2.70 bits per heavy atom. The van der Waals surface area contributed by atoms with E-state index < -0.39 is 12.1 Å². The Bertz CT molecular complexity index is 1070. The first-order valence-corrected chi connectivity index (χ1v) is 9.07. The highest BCUT2D eigenvalue weighted by molar-refractivity contribution is 7.98. The predicted molar refractivity (Wildman–Crippen MR) is 92.5 cm³/mol. The van der Waals surface area contributed by atoms with Crippen molar-refractivity contribution in [2.45, 2.75) is 24.8 Å². The van der Waals surface area contributed by atoms with Crippen LogP contribution in [-0.4, -0.2) is 42.5 Å². The molecule has 27 heavy (non-hydrogen) atoms. The lowest BCUT2D eigenvalue weighted by molar-refractivity contribution is -0.169. The first-order chi connectivity index (χ1) is 12.7. The molecule has 7 nitrogen and oxygen atoms in total. The molecule has 0 aromatic carbocycles. The van der Waals surface area contributed by atoms with Gasteiger partial charge < -0.3 is 4.57 Å². The summed E-state index contributed by atoms with van der Waals surface area (Å²) in [5.41, 5.74) is 1.11. The number of alkyl halides is 3. The molecule has 12 heteroatoms.